The number of aliphatic hydroxyl groups excluding tert-OH is 1. The van der Waals surface area contributed by atoms with E-state index in [9.17, 15) is 9.90 Å². The highest BCUT2D eigenvalue weighted by Crippen LogP contribution is 2.19. The van der Waals surface area contributed by atoms with Crippen LogP contribution in [0.2, 0.25) is 0 Å². The fraction of sp³-hybridized carbons (Fsp3) is 0.375. The molecule has 1 atom stereocenters. The van der Waals surface area contributed by atoms with Gasteiger partial charge in [-0.1, -0.05) is 44.2 Å². The van der Waals surface area contributed by atoms with Crippen LogP contribution in [0.4, 0.5) is 0 Å². The molecule has 0 aliphatic carbocycles. The second-order valence-electron chi connectivity index (χ2n) is 5.45. The van der Waals surface area contributed by atoms with Crippen molar-refractivity contribution in [3.8, 4) is 0 Å². The van der Waals surface area contributed by atoms with E-state index in [1.807, 2.05) is 35.2 Å². The van der Waals surface area contributed by atoms with Crippen LogP contribution in [0.15, 0.2) is 47.3 Å². The van der Waals surface area contributed by atoms with E-state index in [4.69, 9.17) is 0 Å². The normalized spacial score (nSPS) is 19.1. The third-order valence-corrected chi connectivity index (χ3v) is 3.21. The molecule has 1 aromatic rings. The van der Waals surface area contributed by atoms with Crippen LogP contribution in [0.5, 0.6) is 0 Å². The molecule has 0 saturated heterocycles. The maximum absolute atomic E-state index is 12.1. The maximum atomic E-state index is 12.1. The molecule has 4 heteroatoms. The van der Waals surface area contributed by atoms with Gasteiger partial charge in [0.1, 0.15) is 11.8 Å². The van der Waals surface area contributed by atoms with Crippen molar-refractivity contribution in [2.45, 2.75) is 32.9 Å². The van der Waals surface area contributed by atoms with Gasteiger partial charge in [0.05, 0.1) is 6.21 Å². The number of hydrogen-bond acceptors (Lipinski definition) is 3. The van der Waals surface area contributed by atoms with Crippen molar-refractivity contribution in [1.82, 2.24) is 4.90 Å². The van der Waals surface area contributed by atoms with Gasteiger partial charge in [0, 0.05) is 12.7 Å². The highest BCUT2D eigenvalue weighted by molar-refractivity contribution is 5.94. The number of allylic oxidation sites excluding steroid dienone is 1. The Balaban J connectivity index is 2.24. The number of amides is 1. The molecule has 1 aliphatic rings. The summed E-state index contributed by atoms with van der Waals surface area (Å²) in [5.41, 5.74) is 1.10. The standard InChI is InChI=1S/C16H20N2O2/c1-12(2)8-15-16(20)17-9-14(19)11-18(15)10-13-6-4-3-5-7-13/h3-7,9,11-12,15,19H,8,10H2,1-2H3/t15-/m0/s1. The van der Waals surface area contributed by atoms with Crippen LogP contribution < -0.4 is 0 Å². The fourth-order valence-electron chi connectivity index (χ4n) is 2.28. The SMILES string of the molecule is CC(C)C[C@H]1C(=O)N=CC(O)=CN1Cc1ccccc1. The minimum Gasteiger partial charge on any atom is -0.505 e. The zero-order chi connectivity index (χ0) is 14.5. The van der Waals surface area contributed by atoms with Crippen molar-refractivity contribution >= 4 is 12.1 Å². The Hall–Kier alpha value is -2.10. The van der Waals surface area contributed by atoms with E-state index in [-0.39, 0.29) is 17.7 Å². The maximum Gasteiger partial charge on any atom is 0.268 e. The Kier molecular flexibility index (Phi) is 4.56. The smallest absolute Gasteiger partial charge is 0.268 e. The summed E-state index contributed by atoms with van der Waals surface area (Å²) in [6, 6.07) is 9.58. The molecular formula is C16H20N2O2. The number of hydrogen-bond donors (Lipinski definition) is 1. The van der Waals surface area contributed by atoms with Crippen LogP contribution in [0.1, 0.15) is 25.8 Å². The first-order chi connectivity index (χ1) is 9.56. The van der Waals surface area contributed by atoms with E-state index < -0.39 is 0 Å². The largest absolute Gasteiger partial charge is 0.505 e. The van der Waals surface area contributed by atoms with Gasteiger partial charge in [0.15, 0.2) is 0 Å². The lowest BCUT2D eigenvalue weighted by Crippen LogP contribution is -2.37. The van der Waals surface area contributed by atoms with Crippen molar-refractivity contribution in [2.24, 2.45) is 10.9 Å². The molecule has 2 rings (SSSR count). The van der Waals surface area contributed by atoms with E-state index >= 15 is 0 Å². The summed E-state index contributed by atoms with van der Waals surface area (Å²) in [6.45, 7) is 4.73. The van der Waals surface area contributed by atoms with Gasteiger partial charge in [0.2, 0.25) is 0 Å². The molecule has 0 saturated carbocycles. The summed E-state index contributed by atoms with van der Waals surface area (Å²) in [5, 5.41) is 9.73. The van der Waals surface area contributed by atoms with Gasteiger partial charge < -0.3 is 10.0 Å². The van der Waals surface area contributed by atoms with Crippen LogP contribution in [0.25, 0.3) is 0 Å². The zero-order valence-corrected chi connectivity index (χ0v) is 11.9. The van der Waals surface area contributed by atoms with Crippen LogP contribution in [0, 0.1) is 5.92 Å². The average molecular weight is 272 g/mol. The Labute approximate surface area is 119 Å². The third kappa shape index (κ3) is 3.70. The lowest BCUT2D eigenvalue weighted by atomic mass is 10.0. The summed E-state index contributed by atoms with van der Waals surface area (Å²) in [5.74, 6) is 0.196. The first-order valence-electron chi connectivity index (χ1n) is 6.84. The molecule has 0 radical (unpaired) electrons. The highest BCUT2D eigenvalue weighted by Gasteiger charge is 2.26. The predicted molar refractivity (Wildman–Crippen MR) is 79.4 cm³/mol. The van der Waals surface area contributed by atoms with Gasteiger partial charge in [0.25, 0.3) is 5.91 Å². The van der Waals surface area contributed by atoms with Crippen LogP contribution in [-0.4, -0.2) is 28.2 Å². The molecule has 0 unspecified atom stereocenters. The molecule has 4 nitrogen and oxygen atoms in total. The van der Waals surface area contributed by atoms with E-state index in [0.29, 0.717) is 18.9 Å². The van der Waals surface area contributed by atoms with Crippen molar-refractivity contribution in [1.29, 1.82) is 0 Å². The first kappa shape index (κ1) is 14.3. The second kappa shape index (κ2) is 6.37. The Morgan fingerprint density at radius 2 is 2.00 bits per heavy atom. The lowest BCUT2D eigenvalue weighted by molar-refractivity contribution is -0.122. The number of aliphatic imine (C=N–C) groups is 1. The molecular weight excluding hydrogens is 252 g/mol. The van der Waals surface area contributed by atoms with Crippen molar-refractivity contribution in [2.75, 3.05) is 0 Å². The first-order valence-corrected chi connectivity index (χ1v) is 6.84. The van der Waals surface area contributed by atoms with Crippen molar-refractivity contribution in [3.05, 3.63) is 47.9 Å². The van der Waals surface area contributed by atoms with Crippen LogP contribution in [-0.2, 0) is 11.3 Å². The van der Waals surface area contributed by atoms with Crippen LogP contribution >= 0.6 is 0 Å². The topological polar surface area (TPSA) is 52.9 Å². The summed E-state index contributed by atoms with van der Waals surface area (Å²) in [7, 11) is 0. The number of benzene rings is 1. The quantitative estimate of drug-likeness (QED) is 0.917. The minimum absolute atomic E-state index is 0.0144. The number of nitrogens with zero attached hydrogens (tertiary/aromatic N) is 2. The zero-order valence-electron chi connectivity index (χ0n) is 11.9. The number of rotatable bonds is 4. The summed E-state index contributed by atoms with van der Waals surface area (Å²) in [6.07, 6.45) is 3.54. The highest BCUT2D eigenvalue weighted by atomic mass is 16.3. The number of carbonyl (C=O) groups excluding carboxylic acids is 1. The van der Waals surface area contributed by atoms with Crippen LogP contribution in [0.3, 0.4) is 0 Å². The van der Waals surface area contributed by atoms with E-state index in [1.165, 1.54) is 6.21 Å². The molecule has 1 N–H and O–H groups in total. The molecule has 0 bridgehead atoms. The van der Waals surface area contributed by atoms with Gasteiger partial charge in [-0.05, 0) is 17.9 Å². The van der Waals surface area contributed by atoms with Crippen molar-refractivity contribution in [3.63, 3.8) is 0 Å². The van der Waals surface area contributed by atoms with E-state index in [1.54, 1.807) is 6.20 Å². The fourth-order valence-corrected chi connectivity index (χ4v) is 2.28. The third-order valence-electron chi connectivity index (χ3n) is 3.21. The van der Waals surface area contributed by atoms with Gasteiger partial charge in [-0.2, -0.15) is 0 Å². The molecule has 1 amide bonds. The molecule has 1 heterocycles. The van der Waals surface area contributed by atoms with Crippen molar-refractivity contribution < 1.29 is 9.90 Å². The molecule has 0 fully saturated rings. The van der Waals surface area contributed by atoms with Gasteiger partial charge >= 0.3 is 0 Å². The van der Waals surface area contributed by atoms with E-state index in [0.717, 1.165) is 5.56 Å². The number of carbonyl (C=O) groups is 1. The molecule has 1 aromatic carbocycles. The monoisotopic (exact) mass is 272 g/mol. The molecule has 0 aromatic heterocycles. The summed E-state index contributed by atoms with van der Waals surface area (Å²) >= 11 is 0. The molecule has 1 aliphatic heterocycles. The van der Waals surface area contributed by atoms with Gasteiger partial charge in [-0.3, -0.25) is 4.79 Å². The molecule has 106 valence electrons. The predicted octanol–water partition coefficient (Wildman–Crippen LogP) is 2.91. The van der Waals surface area contributed by atoms with E-state index in [2.05, 4.69) is 18.8 Å². The molecule has 20 heavy (non-hydrogen) atoms. The minimum atomic E-state index is -0.323. The summed E-state index contributed by atoms with van der Waals surface area (Å²) in [4.78, 5) is 17.8. The van der Waals surface area contributed by atoms with Gasteiger partial charge in [-0.15, -0.1) is 0 Å². The summed E-state index contributed by atoms with van der Waals surface area (Å²) < 4.78 is 0. The average Bonchev–Trinajstić information content (AvgIpc) is 2.53. The lowest BCUT2D eigenvalue weighted by Gasteiger charge is -2.28. The Morgan fingerprint density at radius 1 is 1.30 bits per heavy atom. The second-order valence-corrected chi connectivity index (χ2v) is 5.45. The Bertz CT molecular complexity index is 521. The molecule has 0 spiro atoms. The Morgan fingerprint density at radius 3 is 2.65 bits per heavy atom. The van der Waals surface area contributed by atoms with Gasteiger partial charge in [-0.25, -0.2) is 4.99 Å². The number of aliphatic hydroxyl groups is 1.